The Balaban J connectivity index is 2.45. The first-order chi connectivity index (χ1) is 7.68. The van der Waals surface area contributed by atoms with Gasteiger partial charge in [0.25, 0.3) is 0 Å². The molecule has 0 fully saturated rings. The number of nitrogens with one attached hydrogen (secondary N) is 1. The van der Waals surface area contributed by atoms with Gasteiger partial charge in [0.1, 0.15) is 0 Å². The number of fused-ring (bicyclic) bond motifs is 1. The van der Waals surface area contributed by atoms with E-state index < -0.39 is 0 Å². The van der Waals surface area contributed by atoms with E-state index in [0.29, 0.717) is 5.69 Å². The lowest BCUT2D eigenvalue weighted by Crippen LogP contribution is -2.03. The molecule has 3 nitrogen and oxygen atoms in total. The van der Waals surface area contributed by atoms with Crippen molar-refractivity contribution in [3.8, 4) is 0 Å². The van der Waals surface area contributed by atoms with E-state index in [1.807, 2.05) is 31.2 Å². The van der Waals surface area contributed by atoms with Crippen LogP contribution in [-0.2, 0) is 0 Å². The number of aromatic nitrogens is 1. The van der Waals surface area contributed by atoms with Crippen molar-refractivity contribution in [2.24, 2.45) is 0 Å². The predicted octanol–water partition coefficient (Wildman–Crippen LogP) is 2.81. The molecule has 0 aliphatic carbocycles. The molecular formula is C13H15N3. The van der Waals surface area contributed by atoms with Crippen LogP contribution < -0.4 is 11.1 Å². The van der Waals surface area contributed by atoms with Crippen LogP contribution in [0.4, 0.5) is 11.4 Å². The summed E-state index contributed by atoms with van der Waals surface area (Å²) in [6.07, 6.45) is 1.76. The number of benzene rings is 1. The van der Waals surface area contributed by atoms with Crippen molar-refractivity contribution in [1.29, 1.82) is 0 Å². The van der Waals surface area contributed by atoms with Crippen molar-refractivity contribution in [2.75, 3.05) is 17.6 Å². The van der Waals surface area contributed by atoms with Crippen LogP contribution in [-0.4, -0.2) is 11.5 Å². The van der Waals surface area contributed by atoms with Crippen LogP contribution in [0.5, 0.6) is 0 Å². The summed E-state index contributed by atoms with van der Waals surface area (Å²) in [6.45, 7) is 6.61. The molecule has 0 aliphatic heterocycles. The summed E-state index contributed by atoms with van der Waals surface area (Å²) < 4.78 is 0. The fourth-order valence-corrected chi connectivity index (χ4v) is 1.60. The Bertz CT molecular complexity index is 532. The van der Waals surface area contributed by atoms with E-state index in [1.54, 1.807) is 6.20 Å². The Morgan fingerprint density at radius 3 is 3.00 bits per heavy atom. The zero-order chi connectivity index (χ0) is 11.5. The summed E-state index contributed by atoms with van der Waals surface area (Å²) in [6, 6.07) is 7.76. The normalized spacial score (nSPS) is 10.3. The summed E-state index contributed by atoms with van der Waals surface area (Å²) >= 11 is 0. The van der Waals surface area contributed by atoms with Crippen molar-refractivity contribution < 1.29 is 0 Å². The molecule has 82 valence electrons. The third kappa shape index (κ3) is 1.98. The van der Waals surface area contributed by atoms with Gasteiger partial charge in [-0.3, -0.25) is 4.98 Å². The fraction of sp³-hybridized carbons (Fsp3) is 0.154. The number of anilines is 2. The van der Waals surface area contributed by atoms with Crippen LogP contribution in [0.15, 0.2) is 42.6 Å². The second-order valence-electron chi connectivity index (χ2n) is 3.91. The minimum Gasteiger partial charge on any atom is -0.397 e. The largest absolute Gasteiger partial charge is 0.397 e. The molecule has 0 amide bonds. The lowest BCUT2D eigenvalue weighted by Gasteiger charge is -2.09. The molecule has 0 unspecified atom stereocenters. The van der Waals surface area contributed by atoms with Crippen molar-refractivity contribution in [3.63, 3.8) is 0 Å². The molecule has 0 atom stereocenters. The van der Waals surface area contributed by atoms with E-state index in [-0.39, 0.29) is 0 Å². The maximum absolute atomic E-state index is 5.87. The Morgan fingerprint density at radius 2 is 2.25 bits per heavy atom. The molecule has 3 heteroatoms. The molecule has 0 saturated heterocycles. The highest BCUT2D eigenvalue weighted by Crippen LogP contribution is 2.25. The predicted molar refractivity (Wildman–Crippen MR) is 69.5 cm³/mol. The Labute approximate surface area is 95.0 Å². The molecular weight excluding hydrogens is 198 g/mol. The first-order valence-electron chi connectivity index (χ1n) is 5.20. The average Bonchev–Trinajstić information content (AvgIpc) is 2.27. The quantitative estimate of drug-likeness (QED) is 0.609. The van der Waals surface area contributed by atoms with Gasteiger partial charge in [-0.15, -0.1) is 0 Å². The molecule has 1 aromatic heterocycles. The molecule has 2 rings (SSSR count). The Hall–Kier alpha value is -2.03. The van der Waals surface area contributed by atoms with Crippen LogP contribution in [0.2, 0.25) is 0 Å². The smallest absolute Gasteiger partial charge is 0.0951 e. The molecule has 0 bridgehead atoms. The van der Waals surface area contributed by atoms with Gasteiger partial charge in [-0.05, 0) is 19.1 Å². The van der Waals surface area contributed by atoms with Crippen molar-refractivity contribution in [2.45, 2.75) is 6.92 Å². The number of hydrogen-bond acceptors (Lipinski definition) is 3. The van der Waals surface area contributed by atoms with E-state index in [4.69, 9.17) is 5.73 Å². The topological polar surface area (TPSA) is 50.9 Å². The lowest BCUT2D eigenvalue weighted by atomic mass is 10.1. The van der Waals surface area contributed by atoms with Crippen LogP contribution in [0.3, 0.4) is 0 Å². The monoisotopic (exact) mass is 213 g/mol. The van der Waals surface area contributed by atoms with Crippen LogP contribution >= 0.6 is 0 Å². The summed E-state index contributed by atoms with van der Waals surface area (Å²) in [4.78, 5) is 4.28. The maximum atomic E-state index is 5.87. The first kappa shape index (κ1) is 10.5. The maximum Gasteiger partial charge on any atom is 0.0951 e. The van der Waals surface area contributed by atoms with E-state index in [9.17, 15) is 0 Å². The summed E-state index contributed by atoms with van der Waals surface area (Å²) in [5, 5.41) is 4.36. The van der Waals surface area contributed by atoms with Gasteiger partial charge in [0.2, 0.25) is 0 Å². The van der Waals surface area contributed by atoms with Crippen molar-refractivity contribution in [1.82, 2.24) is 4.98 Å². The third-order valence-corrected chi connectivity index (χ3v) is 2.38. The highest BCUT2D eigenvalue weighted by Gasteiger charge is 2.03. The highest BCUT2D eigenvalue weighted by atomic mass is 14.9. The van der Waals surface area contributed by atoms with Gasteiger partial charge in [-0.2, -0.15) is 0 Å². The number of nitrogens with zero attached hydrogens (tertiary/aromatic N) is 1. The molecule has 0 aliphatic rings. The minimum absolute atomic E-state index is 0.705. The number of nitrogens with two attached hydrogens (primary N) is 1. The standard InChI is InChI=1S/C13H15N3/c1-9(2)8-16-12-6-7-15-13-10(12)4-3-5-11(13)14/h3-7H,1,8,14H2,2H3,(H,15,16). The van der Waals surface area contributed by atoms with Gasteiger partial charge in [0, 0.05) is 23.8 Å². The van der Waals surface area contributed by atoms with Gasteiger partial charge in [-0.25, -0.2) is 0 Å². The van der Waals surface area contributed by atoms with Crippen molar-refractivity contribution in [3.05, 3.63) is 42.6 Å². The van der Waals surface area contributed by atoms with Crippen molar-refractivity contribution >= 4 is 22.3 Å². The summed E-state index contributed by atoms with van der Waals surface area (Å²) in [5.74, 6) is 0. The van der Waals surface area contributed by atoms with Crippen LogP contribution in [0.1, 0.15) is 6.92 Å². The zero-order valence-electron chi connectivity index (χ0n) is 9.33. The Morgan fingerprint density at radius 1 is 1.44 bits per heavy atom. The highest BCUT2D eigenvalue weighted by molar-refractivity contribution is 5.97. The molecule has 1 heterocycles. The SMILES string of the molecule is C=C(C)CNc1ccnc2c(N)cccc12. The second kappa shape index (κ2) is 4.23. The van der Waals surface area contributed by atoms with E-state index in [1.165, 1.54) is 0 Å². The van der Waals surface area contributed by atoms with Crippen LogP contribution in [0, 0.1) is 0 Å². The number of para-hydroxylation sites is 1. The first-order valence-corrected chi connectivity index (χ1v) is 5.20. The number of pyridine rings is 1. The van der Waals surface area contributed by atoms with Gasteiger partial charge in [0.05, 0.1) is 11.2 Å². The van der Waals surface area contributed by atoms with E-state index >= 15 is 0 Å². The summed E-state index contributed by atoms with van der Waals surface area (Å²) in [7, 11) is 0. The van der Waals surface area contributed by atoms with Gasteiger partial charge in [0.15, 0.2) is 0 Å². The van der Waals surface area contributed by atoms with E-state index in [2.05, 4.69) is 16.9 Å². The van der Waals surface area contributed by atoms with E-state index in [0.717, 1.165) is 28.7 Å². The number of nitrogen functional groups attached to an aromatic ring is 1. The van der Waals surface area contributed by atoms with Gasteiger partial charge < -0.3 is 11.1 Å². The fourth-order valence-electron chi connectivity index (χ4n) is 1.60. The lowest BCUT2D eigenvalue weighted by molar-refractivity contribution is 1.22. The molecule has 0 radical (unpaired) electrons. The zero-order valence-corrected chi connectivity index (χ0v) is 9.33. The molecule has 0 saturated carbocycles. The molecule has 3 N–H and O–H groups in total. The number of hydrogen-bond donors (Lipinski definition) is 2. The third-order valence-electron chi connectivity index (χ3n) is 2.38. The minimum atomic E-state index is 0.705. The molecule has 16 heavy (non-hydrogen) atoms. The van der Waals surface area contributed by atoms with Gasteiger partial charge >= 0.3 is 0 Å². The molecule has 1 aromatic carbocycles. The second-order valence-corrected chi connectivity index (χ2v) is 3.91. The van der Waals surface area contributed by atoms with Crippen LogP contribution in [0.25, 0.3) is 10.9 Å². The Kier molecular flexibility index (Phi) is 2.77. The number of rotatable bonds is 3. The summed E-state index contributed by atoms with van der Waals surface area (Å²) in [5.41, 5.74) is 9.55. The average molecular weight is 213 g/mol. The van der Waals surface area contributed by atoms with Gasteiger partial charge in [-0.1, -0.05) is 24.3 Å². The molecule has 0 spiro atoms. The molecule has 2 aromatic rings.